The number of aliphatic hydroxyl groups is 2. The fourth-order valence-corrected chi connectivity index (χ4v) is 11.1. The molecule has 1 unspecified atom stereocenters. The Morgan fingerprint density at radius 2 is 1.60 bits per heavy atom. The molecule has 1 aliphatic carbocycles. The molecule has 0 aromatic rings. The molecule has 16 atom stereocenters. The highest BCUT2D eigenvalue weighted by Crippen LogP contribution is 2.39. The monoisotopic (exact) mass is 1090 g/mol. The zero-order valence-corrected chi connectivity index (χ0v) is 47.5. The number of rotatable bonds is 10. The smallest absolute Gasteiger partial charge is 0.434 e. The molecule has 4 rings (SSSR count). The van der Waals surface area contributed by atoms with Crippen LogP contribution in [0.3, 0.4) is 0 Å². The van der Waals surface area contributed by atoms with Crippen LogP contribution in [0.15, 0.2) is 47.6 Å². The Morgan fingerprint density at radius 3 is 2.25 bits per heavy atom. The molecule has 0 spiro atoms. The summed E-state index contributed by atoms with van der Waals surface area (Å²) in [6, 6.07) is -2.34. The first-order valence-electron chi connectivity index (χ1n) is 27.6. The van der Waals surface area contributed by atoms with Gasteiger partial charge >= 0.3 is 18.0 Å². The van der Waals surface area contributed by atoms with Crippen molar-refractivity contribution in [3.8, 4) is 0 Å². The summed E-state index contributed by atoms with van der Waals surface area (Å²) >= 11 is 0. The molecule has 2 bridgehead atoms. The van der Waals surface area contributed by atoms with Crippen LogP contribution in [0.5, 0.6) is 0 Å². The van der Waals surface area contributed by atoms with Crippen LogP contribution < -0.4 is 0 Å². The lowest BCUT2D eigenvalue weighted by molar-refractivity contribution is -0.306. The number of piperidine rings is 1. The first kappa shape index (κ1) is 64.9. The average molecular weight is 1090 g/mol. The number of amides is 2. The van der Waals surface area contributed by atoms with Gasteiger partial charge in [0.1, 0.15) is 36.2 Å². The Morgan fingerprint density at radius 1 is 0.896 bits per heavy atom. The molecule has 434 valence electrons. The van der Waals surface area contributed by atoms with E-state index in [1.807, 2.05) is 26.8 Å². The van der Waals surface area contributed by atoms with Gasteiger partial charge in [0.15, 0.2) is 5.78 Å². The second-order valence-electron chi connectivity index (χ2n) is 22.2. The molecular formula is C57H89N3O17. The number of allylic oxidation sites excluding steroid dienone is 6. The van der Waals surface area contributed by atoms with E-state index in [0.717, 1.165) is 4.90 Å². The van der Waals surface area contributed by atoms with E-state index in [1.54, 1.807) is 71.9 Å². The molecule has 0 aromatic heterocycles. The number of Topliss-reactive ketones (excluding diaryl/α,β-unsaturated/α-hetero) is 3. The normalized spacial score (nSPS) is 36.2. The summed E-state index contributed by atoms with van der Waals surface area (Å²) in [4.78, 5) is 104. The van der Waals surface area contributed by atoms with E-state index in [-0.39, 0.29) is 62.1 Å². The van der Waals surface area contributed by atoms with E-state index in [9.17, 15) is 54.2 Å². The van der Waals surface area contributed by atoms with Gasteiger partial charge in [-0.1, -0.05) is 78.0 Å². The summed E-state index contributed by atoms with van der Waals surface area (Å²) in [5.74, 6) is -10.8. The van der Waals surface area contributed by atoms with Gasteiger partial charge in [0.25, 0.3) is 11.7 Å². The fourth-order valence-electron chi connectivity index (χ4n) is 11.1. The van der Waals surface area contributed by atoms with Crippen LogP contribution in [0.4, 0.5) is 4.79 Å². The minimum absolute atomic E-state index is 0.0217. The Labute approximate surface area is 455 Å². The van der Waals surface area contributed by atoms with E-state index in [2.05, 4.69) is 0 Å². The van der Waals surface area contributed by atoms with E-state index in [0.29, 0.717) is 72.8 Å². The topological polar surface area (TPSA) is 266 Å². The minimum Gasteiger partial charge on any atom is -0.460 e. The highest BCUT2D eigenvalue weighted by atomic mass is 16.9. The van der Waals surface area contributed by atoms with Gasteiger partial charge in [-0.05, 0) is 126 Å². The molecular weight excluding hydrogens is 999 g/mol. The molecule has 77 heavy (non-hydrogen) atoms. The van der Waals surface area contributed by atoms with E-state index in [1.165, 1.54) is 21.3 Å². The molecule has 1 saturated carbocycles. The number of esters is 1. The van der Waals surface area contributed by atoms with Gasteiger partial charge in [0, 0.05) is 51.4 Å². The first-order chi connectivity index (χ1) is 36.3. The van der Waals surface area contributed by atoms with E-state index in [4.69, 9.17) is 28.5 Å². The molecule has 4 N–H and O–H groups in total. The van der Waals surface area contributed by atoms with Crippen LogP contribution in [-0.2, 0) is 57.3 Å². The zero-order chi connectivity index (χ0) is 57.5. The number of fused-ring (bicyclic) bond motifs is 3. The van der Waals surface area contributed by atoms with Gasteiger partial charge in [-0.15, -0.1) is 0 Å². The fraction of sp³-hybridized carbons (Fsp3) is 0.737. The second-order valence-corrected chi connectivity index (χ2v) is 22.2. The molecule has 2 saturated heterocycles. The number of ketones is 3. The third kappa shape index (κ3) is 17.7. The zero-order valence-electron chi connectivity index (χ0n) is 47.5. The molecule has 3 heterocycles. The van der Waals surface area contributed by atoms with Crippen molar-refractivity contribution < 1.29 is 82.7 Å². The Balaban J connectivity index is 1.75. The van der Waals surface area contributed by atoms with Gasteiger partial charge in [0.05, 0.1) is 31.2 Å². The minimum atomic E-state index is -2.65. The van der Waals surface area contributed by atoms with Gasteiger partial charge in [-0.25, -0.2) is 14.4 Å². The maximum absolute atomic E-state index is 14.6. The van der Waals surface area contributed by atoms with Crippen molar-refractivity contribution in [2.75, 3.05) is 27.8 Å². The van der Waals surface area contributed by atoms with Gasteiger partial charge < -0.3 is 43.6 Å². The Bertz CT molecular complexity index is 2160. The molecule has 20 nitrogen and oxygen atoms in total. The van der Waals surface area contributed by atoms with Crippen molar-refractivity contribution in [3.63, 3.8) is 0 Å². The van der Waals surface area contributed by atoms with Crippen molar-refractivity contribution in [1.82, 2.24) is 15.2 Å². The number of nitrogens with zero attached hydrogens (tertiary/aromatic N) is 3. The van der Waals surface area contributed by atoms with Crippen LogP contribution in [0, 0.1) is 41.4 Å². The molecule has 3 fully saturated rings. The van der Waals surface area contributed by atoms with Crippen LogP contribution in [0.2, 0.25) is 0 Å². The standard InChI is InChI=1S/C57H89N3O17/c1-13-40(9)74-56(68)60(71)45-31-42-24-22-39(8)57(69,76-42)52(64)53(65)59-26-18-17-21-44(59)55(67)75-47(36(5)29-41-23-25-43(48(30-41)72-11)54(66)77-58(10)70)32-46(61)35(4)28-38(7)50(63)51(73-12)49(62)37(6)27-33(2)19-15-14-16-20-34(45)3/h14-16,19-20,28,33,35-37,39-45,47-48,50-51,63,69-71H,13,17-18,21-27,29-32H2,1-12H3/b16-14+,19-15-,34-20+,38-28+/t33-,35-,36-,37-,39-,40?,41+,42+,43-,44+,45+,47+,48-,50-,51+,57-/m1/s1. The second kappa shape index (κ2) is 30.1. The van der Waals surface area contributed by atoms with E-state index < -0.39 is 114 Å². The lowest BCUT2D eigenvalue weighted by Gasteiger charge is -2.43. The number of hydrogen-bond donors (Lipinski definition) is 4. The predicted octanol–water partition coefficient (Wildman–Crippen LogP) is 7.20. The third-order valence-corrected chi connectivity index (χ3v) is 16.1. The quantitative estimate of drug-likeness (QED) is 0.0554. The molecule has 20 heteroatoms. The van der Waals surface area contributed by atoms with E-state index >= 15 is 0 Å². The number of carbonyl (C=O) groups is 7. The van der Waals surface area contributed by atoms with Crippen LogP contribution in [-0.4, -0.2) is 159 Å². The summed E-state index contributed by atoms with van der Waals surface area (Å²) < 4.78 is 29.2. The molecule has 3 aliphatic heterocycles. The SMILES string of the molecule is CCC(C)OC(=O)N(O)[C@H]1C[C@@H]2CC[C@@H](C)[C@@](O)(O2)C(=O)C(=O)N2CCCC[C@H]2C(=O)O[C@H]([C@H](C)C[C@@H]2CC[C@@H](C(=O)ON(C)O)[C@H](OC)C2)CC(=O)[C@H](C)/C=C(\C)[C@@H](O)[C@@H](OC)C(=O)[C@H](C)C[C@H](C)\C=C/C=C/C=C/1C. The largest absolute Gasteiger partial charge is 0.460 e. The molecule has 0 radical (unpaired) electrons. The maximum atomic E-state index is 14.6. The number of carbonyl (C=O) groups excluding carboxylic acids is 7. The number of cyclic esters (lactones) is 1. The Hall–Kier alpha value is -4.67. The highest BCUT2D eigenvalue weighted by molar-refractivity contribution is 6.39. The number of hydroxylamine groups is 4. The Kier molecular flexibility index (Phi) is 25.3. The number of ether oxygens (including phenoxy) is 5. The highest BCUT2D eigenvalue weighted by Gasteiger charge is 2.53. The maximum Gasteiger partial charge on any atom is 0.434 e. The van der Waals surface area contributed by atoms with Crippen molar-refractivity contribution in [2.45, 2.75) is 200 Å². The summed E-state index contributed by atoms with van der Waals surface area (Å²) in [7, 11) is 4.00. The average Bonchev–Trinajstić information content (AvgIpc) is 3.39. The summed E-state index contributed by atoms with van der Waals surface area (Å²) in [5.41, 5.74) is 0.817. The molecule has 0 aromatic carbocycles. The molecule has 2 amide bonds. The number of methoxy groups -OCH3 is 2. The lowest BCUT2D eigenvalue weighted by Crippen LogP contribution is -2.61. The summed E-state index contributed by atoms with van der Waals surface area (Å²) in [6.07, 6.45) is 7.51. The van der Waals surface area contributed by atoms with Crippen molar-refractivity contribution >= 4 is 41.3 Å². The predicted molar refractivity (Wildman–Crippen MR) is 281 cm³/mol. The van der Waals surface area contributed by atoms with Gasteiger partial charge in [-0.2, -0.15) is 5.06 Å². The van der Waals surface area contributed by atoms with Gasteiger partial charge in [0.2, 0.25) is 5.79 Å². The summed E-state index contributed by atoms with van der Waals surface area (Å²) in [5, 5.41) is 45.4. The lowest BCUT2D eigenvalue weighted by atomic mass is 9.75. The van der Waals surface area contributed by atoms with Crippen LogP contribution in [0.1, 0.15) is 146 Å². The first-order valence-corrected chi connectivity index (χ1v) is 27.6. The van der Waals surface area contributed by atoms with Crippen LogP contribution >= 0.6 is 0 Å². The van der Waals surface area contributed by atoms with Gasteiger partial charge in [-0.3, -0.25) is 29.6 Å². The summed E-state index contributed by atoms with van der Waals surface area (Å²) in [6.45, 7) is 15.5. The van der Waals surface area contributed by atoms with Crippen molar-refractivity contribution in [3.05, 3.63) is 47.6 Å². The third-order valence-electron chi connectivity index (χ3n) is 16.1. The number of hydrogen-bond acceptors (Lipinski definition) is 18. The van der Waals surface area contributed by atoms with Crippen molar-refractivity contribution in [1.29, 1.82) is 0 Å². The molecule has 4 aliphatic rings. The number of aliphatic hydroxyl groups excluding tert-OH is 1. The van der Waals surface area contributed by atoms with Crippen LogP contribution in [0.25, 0.3) is 0 Å². The van der Waals surface area contributed by atoms with Crippen molar-refractivity contribution in [2.24, 2.45) is 41.4 Å².